The van der Waals surface area contributed by atoms with Gasteiger partial charge in [-0.25, -0.2) is 0 Å². The minimum atomic E-state index is -0.0994. The molecule has 0 amide bonds. The summed E-state index contributed by atoms with van der Waals surface area (Å²) < 4.78 is 4.77. The molecule has 2 N–H and O–H groups in total. The normalized spacial score (nSPS) is 10.3. The molecular weight excluding hydrogens is 312 g/mol. The Labute approximate surface area is 133 Å². The molecule has 0 atom stereocenters. The van der Waals surface area contributed by atoms with Gasteiger partial charge in [0.05, 0.1) is 0 Å². The highest BCUT2D eigenvalue weighted by molar-refractivity contribution is 7.82. The van der Waals surface area contributed by atoms with Gasteiger partial charge in [0, 0.05) is 39.4 Å². The molecular formula is C14H12O3S3. The van der Waals surface area contributed by atoms with Crippen LogP contribution in [0, 0.1) is 0 Å². The van der Waals surface area contributed by atoms with Gasteiger partial charge in [-0.2, -0.15) is 0 Å². The summed E-state index contributed by atoms with van der Waals surface area (Å²) >= 11 is 13.1. The van der Waals surface area contributed by atoms with Crippen LogP contribution in [-0.2, 0) is 0 Å². The van der Waals surface area contributed by atoms with Crippen LogP contribution >= 0.6 is 37.8 Å². The van der Waals surface area contributed by atoms with E-state index in [0.29, 0.717) is 20.9 Å². The van der Waals surface area contributed by atoms with Gasteiger partial charge in [-0.1, -0.05) is 24.4 Å². The van der Waals surface area contributed by atoms with Crippen LogP contribution in [0.4, 0.5) is 0 Å². The van der Waals surface area contributed by atoms with Crippen molar-refractivity contribution in [2.75, 3.05) is 0 Å². The summed E-state index contributed by atoms with van der Waals surface area (Å²) in [5.74, 6) is 0.111. The van der Waals surface area contributed by atoms with Gasteiger partial charge < -0.3 is 14.4 Å². The SMILES string of the molecule is CC(=S)c1cc(-c2cccc(OS)c2O)c(O)cc1S. The number of hydrogen-bond acceptors (Lipinski definition) is 6. The Morgan fingerprint density at radius 1 is 1.20 bits per heavy atom. The lowest BCUT2D eigenvalue weighted by molar-refractivity contribution is 0.451. The first-order chi connectivity index (χ1) is 9.45. The number of benzene rings is 2. The van der Waals surface area contributed by atoms with Gasteiger partial charge in [0.25, 0.3) is 0 Å². The second-order valence-corrected chi connectivity index (χ2v) is 5.46. The van der Waals surface area contributed by atoms with Gasteiger partial charge in [0.1, 0.15) is 5.75 Å². The largest absolute Gasteiger partial charge is 0.507 e. The number of thiol groups is 2. The molecule has 104 valence electrons. The Hall–Kier alpha value is -1.37. The first-order valence-corrected chi connectivity index (χ1v) is 6.88. The Morgan fingerprint density at radius 2 is 1.90 bits per heavy atom. The number of phenolic OH excluding ortho intramolecular Hbond substituents is 2. The van der Waals surface area contributed by atoms with Gasteiger partial charge >= 0.3 is 0 Å². The average molecular weight is 324 g/mol. The molecule has 2 aromatic carbocycles. The zero-order valence-electron chi connectivity index (χ0n) is 10.5. The molecule has 0 aliphatic rings. The van der Waals surface area contributed by atoms with E-state index >= 15 is 0 Å². The molecule has 20 heavy (non-hydrogen) atoms. The first kappa shape index (κ1) is 15.0. The molecule has 2 rings (SSSR count). The van der Waals surface area contributed by atoms with E-state index in [1.807, 2.05) is 0 Å². The van der Waals surface area contributed by atoms with Gasteiger partial charge in [-0.05, 0) is 25.1 Å². The van der Waals surface area contributed by atoms with E-state index in [1.165, 1.54) is 6.07 Å². The monoisotopic (exact) mass is 324 g/mol. The highest BCUT2D eigenvalue weighted by Crippen LogP contribution is 2.42. The quantitative estimate of drug-likeness (QED) is 0.298. The zero-order chi connectivity index (χ0) is 14.9. The molecule has 2 aromatic rings. The highest BCUT2D eigenvalue weighted by atomic mass is 32.1. The van der Waals surface area contributed by atoms with Crippen molar-refractivity contribution in [2.24, 2.45) is 0 Å². The molecule has 0 heterocycles. The van der Waals surface area contributed by atoms with Crippen molar-refractivity contribution in [1.82, 2.24) is 0 Å². The third kappa shape index (κ3) is 2.72. The van der Waals surface area contributed by atoms with Crippen LogP contribution in [0.15, 0.2) is 35.2 Å². The molecule has 0 radical (unpaired) electrons. The fourth-order valence-electron chi connectivity index (χ4n) is 1.89. The molecule has 0 aliphatic heterocycles. The van der Waals surface area contributed by atoms with E-state index in [2.05, 4.69) is 25.5 Å². The minimum Gasteiger partial charge on any atom is -0.507 e. The van der Waals surface area contributed by atoms with E-state index in [4.69, 9.17) is 16.4 Å². The number of hydrogen-bond donors (Lipinski definition) is 4. The summed E-state index contributed by atoms with van der Waals surface area (Å²) in [6.45, 7) is 1.78. The maximum Gasteiger partial charge on any atom is 0.179 e. The lowest BCUT2D eigenvalue weighted by Gasteiger charge is -2.12. The summed E-state index contributed by atoms with van der Waals surface area (Å²) in [4.78, 5) is 1.23. The smallest absolute Gasteiger partial charge is 0.179 e. The van der Waals surface area contributed by atoms with E-state index < -0.39 is 0 Å². The third-order valence-electron chi connectivity index (χ3n) is 2.88. The van der Waals surface area contributed by atoms with Crippen molar-refractivity contribution in [2.45, 2.75) is 11.8 Å². The number of rotatable bonds is 3. The highest BCUT2D eigenvalue weighted by Gasteiger charge is 2.15. The van der Waals surface area contributed by atoms with Crippen LogP contribution < -0.4 is 4.18 Å². The van der Waals surface area contributed by atoms with Crippen molar-refractivity contribution >= 4 is 42.6 Å². The lowest BCUT2D eigenvalue weighted by Crippen LogP contribution is -1.94. The van der Waals surface area contributed by atoms with Crippen LogP contribution in [0.2, 0.25) is 0 Å². The molecule has 0 spiro atoms. The predicted molar refractivity (Wildman–Crippen MR) is 89.4 cm³/mol. The number of phenols is 2. The second kappa shape index (κ2) is 5.95. The number of para-hydroxylation sites is 1. The maximum absolute atomic E-state index is 10.1. The van der Waals surface area contributed by atoms with Crippen LogP contribution in [0.1, 0.15) is 12.5 Å². The Morgan fingerprint density at radius 3 is 2.50 bits per heavy atom. The van der Waals surface area contributed by atoms with Gasteiger partial charge in [0.15, 0.2) is 11.5 Å². The van der Waals surface area contributed by atoms with Gasteiger partial charge in [-0.15, -0.1) is 12.6 Å². The molecule has 0 bridgehead atoms. The third-order valence-corrected chi connectivity index (χ3v) is 3.67. The molecule has 3 nitrogen and oxygen atoms in total. The fraction of sp³-hybridized carbons (Fsp3) is 0.0714. The van der Waals surface area contributed by atoms with Crippen LogP contribution in [-0.4, -0.2) is 15.1 Å². The van der Waals surface area contributed by atoms with E-state index in [-0.39, 0.29) is 17.2 Å². The Bertz CT molecular complexity index is 684. The minimum absolute atomic E-state index is 0.00149. The summed E-state index contributed by atoms with van der Waals surface area (Å²) in [5, 5.41) is 20.2. The van der Waals surface area contributed by atoms with Crippen molar-refractivity contribution in [3.05, 3.63) is 35.9 Å². The first-order valence-electron chi connectivity index (χ1n) is 5.66. The van der Waals surface area contributed by atoms with Crippen LogP contribution in [0.3, 0.4) is 0 Å². The number of aromatic hydroxyl groups is 2. The summed E-state index contributed by atoms with van der Waals surface area (Å²) in [7, 11) is 0. The summed E-state index contributed by atoms with van der Waals surface area (Å²) in [6.07, 6.45) is 0. The molecule has 0 saturated heterocycles. The van der Waals surface area contributed by atoms with Gasteiger partial charge in [-0.3, -0.25) is 0 Å². The topological polar surface area (TPSA) is 49.7 Å². The van der Waals surface area contributed by atoms with E-state index in [0.717, 1.165) is 5.56 Å². The number of thiocarbonyl (C=S) groups is 1. The maximum atomic E-state index is 10.1. The van der Waals surface area contributed by atoms with Gasteiger partial charge in [0.2, 0.25) is 0 Å². The Kier molecular flexibility index (Phi) is 4.47. The molecule has 0 unspecified atom stereocenters. The summed E-state index contributed by atoms with van der Waals surface area (Å²) in [5.41, 5.74) is 1.61. The second-order valence-electron chi connectivity index (χ2n) is 4.19. The molecule has 0 fully saturated rings. The molecule has 0 saturated carbocycles. The Balaban J connectivity index is 2.70. The van der Waals surface area contributed by atoms with Crippen molar-refractivity contribution in [1.29, 1.82) is 0 Å². The van der Waals surface area contributed by atoms with Crippen molar-refractivity contribution < 1.29 is 14.4 Å². The van der Waals surface area contributed by atoms with Crippen molar-refractivity contribution in [3.63, 3.8) is 0 Å². The standard InChI is InChI=1S/C14H12O3S3/c1-7(18)9-5-10(11(15)6-13(9)19)8-3-2-4-12(17-20)14(8)16/h2-6,15-16,19-20H,1H3. The average Bonchev–Trinajstić information content (AvgIpc) is 2.39. The van der Waals surface area contributed by atoms with Crippen LogP contribution in [0.5, 0.6) is 17.2 Å². The lowest BCUT2D eigenvalue weighted by atomic mass is 9.99. The summed E-state index contributed by atoms with van der Waals surface area (Å²) in [6, 6.07) is 8.12. The van der Waals surface area contributed by atoms with Crippen LogP contribution in [0.25, 0.3) is 11.1 Å². The predicted octanol–water partition coefficient (Wildman–Crippen LogP) is 4.02. The molecule has 6 heteroatoms. The molecule has 0 aromatic heterocycles. The van der Waals surface area contributed by atoms with Crippen molar-refractivity contribution in [3.8, 4) is 28.4 Å². The fourth-order valence-corrected chi connectivity index (χ4v) is 2.63. The van der Waals surface area contributed by atoms with E-state index in [1.54, 1.807) is 31.2 Å². The van der Waals surface area contributed by atoms with E-state index in [9.17, 15) is 10.2 Å². The molecule has 0 aliphatic carbocycles. The zero-order valence-corrected chi connectivity index (χ0v) is 13.1.